The number of thiophene rings is 1. The van der Waals surface area contributed by atoms with Gasteiger partial charge in [-0.3, -0.25) is 0 Å². The van der Waals surface area contributed by atoms with Crippen molar-refractivity contribution in [2.24, 2.45) is 0 Å². The summed E-state index contributed by atoms with van der Waals surface area (Å²) in [5.41, 5.74) is 6.52. The fraction of sp³-hybridized carbons (Fsp3) is 0.250. The predicted octanol–water partition coefficient (Wildman–Crippen LogP) is 3.76. The molecule has 0 fully saturated rings. The lowest BCUT2D eigenvalue weighted by molar-refractivity contribution is 0.516. The number of rotatable bonds is 1. The predicted molar refractivity (Wildman–Crippen MR) is 65.0 cm³/mol. The maximum atomic E-state index is 13.6. The van der Waals surface area contributed by atoms with E-state index in [0.29, 0.717) is 10.9 Å². The van der Waals surface area contributed by atoms with Gasteiger partial charge in [0.15, 0.2) is 11.6 Å². The van der Waals surface area contributed by atoms with Crippen LogP contribution in [0.3, 0.4) is 0 Å². The molecule has 17 heavy (non-hydrogen) atoms. The molecule has 0 amide bonds. The minimum Gasteiger partial charge on any atom is -0.389 e. The van der Waals surface area contributed by atoms with Gasteiger partial charge in [0.05, 0.1) is 10.3 Å². The average Bonchev–Trinajstić information content (AvgIpc) is 2.60. The molecule has 2 rings (SSSR count). The molecular weight excluding hydrogens is 242 g/mol. The highest BCUT2D eigenvalue weighted by Crippen LogP contribution is 2.40. The Balaban J connectivity index is 3.01. The van der Waals surface area contributed by atoms with Gasteiger partial charge >= 0.3 is 0 Å². The van der Waals surface area contributed by atoms with E-state index >= 15 is 0 Å². The van der Waals surface area contributed by atoms with Gasteiger partial charge in [0.1, 0.15) is 11.1 Å². The first-order valence-corrected chi connectivity index (χ1v) is 5.89. The molecule has 0 aliphatic rings. The topological polar surface area (TPSA) is 49.8 Å². The van der Waals surface area contributed by atoms with Gasteiger partial charge in [-0.2, -0.15) is 5.26 Å². The molecule has 2 nitrogen and oxygen atoms in total. The maximum absolute atomic E-state index is 13.6. The number of hydrogen-bond donors (Lipinski definition) is 1. The summed E-state index contributed by atoms with van der Waals surface area (Å²) in [6, 6.07) is 3.10. The van der Waals surface area contributed by atoms with Crippen molar-refractivity contribution in [1.29, 1.82) is 5.26 Å². The second-order valence-electron chi connectivity index (χ2n) is 4.07. The van der Waals surface area contributed by atoms with Crippen molar-refractivity contribution in [3.05, 3.63) is 28.8 Å². The van der Waals surface area contributed by atoms with Gasteiger partial charge in [-0.1, -0.05) is 13.8 Å². The zero-order valence-electron chi connectivity index (χ0n) is 9.34. The molecule has 0 radical (unpaired) electrons. The number of benzene rings is 1. The quantitative estimate of drug-likeness (QED) is 0.840. The monoisotopic (exact) mass is 252 g/mol. The third-order valence-corrected chi connectivity index (χ3v) is 3.66. The fourth-order valence-electron chi connectivity index (χ4n) is 1.83. The number of nitrogen functional groups attached to an aromatic ring is 1. The van der Waals surface area contributed by atoms with Crippen LogP contribution in [0, 0.1) is 23.0 Å². The summed E-state index contributed by atoms with van der Waals surface area (Å²) in [6.45, 7) is 3.72. The van der Waals surface area contributed by atoms with Crippen molar-refractivity contribution in [2.45, 2.75) is 19.8 Å². The second-order valence-corrected chi connectivity index (χ2v) is 5.13. The molecule has 0 aliphatic carbocycles. The molecule has 0 aliphatic heterocycles. The Morgan fingerprint density at radius 3 is 2.59 bits per heavy atom. The van der Waals surface area contributed by atoms with Gasteiger partial charge in [0, 0.05) is 5.39 Å². The van der Waals surface area contributed by atoms with Crippen LogP contribution in [0.15, 0.2) is 6.07 Å². The van der Waals surface area contributed by atoms with E-state index in [4.69, 9.17) is 11.0 Å². The van der Waals surface area contributed by atoms with Gasteiger partial charge in [-0.15, -0.1) is 11.3 Å². The Kier molecular flexibility index (Phi) is 2.76. The Morgan fingerprint density at radius 2 is 2.06 bits per heavy atom. The van der Waals surface area contributed by atoms with Crippen molar-refractivity contribution in [3.8, 4) is 6.07 Å². The van der Waals surface area contributed by atoms with E-state index in [1.165, 1.54) is 0 Å². The highest BCUT2D eigenvalue weighted by atomic mass is 32.1. The van der Waals surface area contributed by atoms with Crippen LogP contribution in [0.5, 0.6) is 0 Å². The molecule has 0 bridgehead atoms. The highest BCUT2D eigenvalue weighted by Gasteiger charge is 2.21. The number of halogens is 2. The van der Waals surface area contributed by atoms with Crippen LogP contribution in [0.2, 0.25) is 0 Å². The van der Waals surface area contributed by atoms with Gasteiger partial charge in [0.25, 0.3) is 0 Å². The third kappa shape index (κ3) is 1.65. The van der Waals surface area contributed by atoms with Crippen molar-refractivity contribution in [1.82, 2.24) is 0 Å². The van der Waals surface area contributed by atoms with E-state index < -0.39 is 11.6 Å². The normalized spacial score (nSPS) is 11.1. The summed E-state index contributed by atoms with van der Waals surface area (Å²) < 4.78 is 27.2. The van der Waals surface area contributed by atoms with Gasteiger partial charge in [-0.05, 0) is 17.5 Å². The molecular formula is C12H10F2N2S. The number of fused-ring (bicyclic) bond motifs is 1. The van der Waals surface area contributed by atoms with Crippen LogP contribution in [-0.4, -0.2) is 0 Å². The van der Waals surface area contributed by atoms with E-state index in [2.05, 4.69) is 0 Å². The van der Waals surface area contributed by atoms with Crippen LogP contribution < -0.4 is 5.73 Å². The van der Waals surface area contributed by atoms with E-state index in [1.54, 1.807) is 0 Å². The minimum absolute atomic E-state index is 0.00583. The maximum Gasteiger partial charge on any atom is 0.176 e. The lowest BCUT2D eigenvalue weighted by Gasteiger charge is -2.08. The average molecular weight is 252 g/mol. The lowest BCUT2D eigenvalue weighted by atomic mass is 9.96. The molecule has 0 spiro atoms. The Labute approximate surface area is 101 Å². The minimum atomic E-state index is -0.928. The van der Waals surface area contributed by atoms with Crippen LogP contribution in [0.4, 0.5) is 13.8 Å². The van der Waals surface area contributed by atoms with E-state index in [0.717, 1.165) is 17.4 Å². The smallest absolute Gasteiger partial charge is 0.176 e. The molecule has 0 saturated heterocycles. The molecule has 5 heteroatoms. The van der Waals surface area contributed by atoms with Crippen LogP contribution in [-0.2, 0) is 0 Å². The first kappa shape index (κ1) is 11.8. The molecule has 0 atom stereocenters. The third-order valence-electron chi connectivity index (χ3n) is 2.65. The zero-order valence-corrected chi connectivity index (χ0v) is 10.2. The summed E-state index contributed by atoms with van der Waals surface area (Å²) in [5.74, 6) is -1.83. The van der Waals surface area contributed by atoms with Crippen molar-refractivity contribution >= 4 is 26.4 Å². The Hall–Kier alpha value is -1.67. The van der Waals surface area contributed by atoms with Crippen molar-refractivity contribution in [3.63, 3.8) is 0 Å². The number of hydrogen-bond acceptors (Lipinski definition) is 3. The number of nitrogens with two attached hydrogens (primary N) is 1. The zero-order chi connectivity index (χ0) is 12.7. The first-order valence-electron chi connectivity index (χ1n) is 5.07. The Morgan fingerprint density at radius 1 is 1.41 bits per heavy atom. The summed E-state index contributed by atoms with van der Waals surface area (Å²) in [7, 11) is 0. The van der Waals surface area contributed by atoms with Crippen molar-refractivity contribution < 1.29 is 8.78 Å². The molecule has 1 aromatic heterocycles. The van der Waals surface area contributed by atoms with E-state index in [9.17, 15) is 8.78 Å². The standard InChI is InChI=1S/C12H10F2N2S/c1-5(2)6-3-8(13)10(14)11-9(6)7(4-15)12(16)17-11/h3,5H,16H2,1-2H3. The van der Waals surface area contributed by atoms with Crippen LogP contribution in [0.25, 0.3) is 10.1 Å². The highest BCUT2D eigenvalue weighted by molar-refractivity contribution is 7.23. The SMILES string of the molecule is CC(C)c1cc(F)c(F)c2sc(N)c(C#N)c12. The number of anilines is 1. The molecule has 0 unspecified atom stereocenters. The van der Waals surface area contributed by atoms with Gasteiger partial charge in [-0.25, -0.2) is 8.78 Å². The molecule has 1 aromatic carbocycles. The van der Waals surface area contributed by atoms with Crippen molar-refractivity contribution in [2.75, 3.05) is 5.73 Å². The summed E-state index contributed by atoms with van der Waals surface area (Å²) in [6.07, 6.45) is 0. The molecule has 2 aromatic rings. The number of nitrogens with zero attached hydrogens (tertiary/aromatic N) is 1. The molecule has 0 saturated carbocycles. The lowest BCUT2D eigenvalue weighted by Crippen LogP contribution is -1.95. The largest absolute Gasteiger partial charge is 0.389 e. The van der Waals surface area contributed by atoms with Crippen LogP contribution in [0.1, 0.15) is 30.9 Å². The van der Waals surface area contributed by atoms with E-state index in [1.807, 2.05) is 19.9 Å². The fourth-order valence-corrected chi connectivity index (χ4v) is 2.80. The molecule has 1 heterocycles. The van der Waals surface area contributed by atoms with Gasteiger partial charge in [0.2, 0.25) is 0 Å². The number of nitriles is 1. The summed E-state index contributed by atoms with van der Waals surface area (Å²) in [5, 5.41) is 9.71. The summed E-state index contributed by atoms with van der Waals surface area (Å²) in [4.78, 5) is 0. The molecule has 2 N–H and O–H groups in total. The van der Waals surface area contributed by atoms with E-state index in [-0.39, 0.29) is 21.2 Å². The summed E-state index contributed by atoms with van der Waals surface area (Å²) >= 11 is 0.916. The second kappa shape index (κ2) is 3.97. The first-order chi connectivity index (χ1) is 7.97. The van der Waals surface area contributed by atoms with Crippen LogP contribution >= 0.6 is 11.3 Å². The Bertz CT molecular complexity index is 638. The molecule has 88 valence electrons. The van der Waals surface area contributed by atoms with Gasteiger partial charge < -0.3 is 5.73 Å².